The molecule has 0 amide bonds. The number of hydrogen-bond donors (Lipinski definition) is 2. The highest BCUT2D eigenvalue weighted by Crippen LogP contribution is 2.20. The van der Waals surface area contributed by atoms with Crippen LogP contribution in [0.2, 0.25) is 5.02 Å². The lowest BCUT2D eigenvalue weighted by molar-refractivity contribution is -0.141. The molecule has 7 heteroatoms. The van der Waals surface area contributed by atoms with Crippen LogP contribution in [0.5, 0.6) is 0 Å². The summed E-state index contributed by atoms with van der Waals surface area (Å²) in [5.41, 5.74) is 0. The van der Waals surface area contributed by atoms with Gasteiger partial charge < -0.3 is 5.11 Å². The predicted octanol–water partition coefficient (Wildman–Crippen LogP) is 1.73. The smallest absolute Gasteiger partial charge is 0.307 e. The van der Waals surface area contributed by atoms with E-state index in [2.05, 4.69) is 4.72 Å². The molecule has 1 rings (SSSR count). The fraction of sp³-hybridized carbons (Fsp3) is 0.364. The summed E-state index contributed by atoms with van der Waals surface area (Å²) in [5, 5.41) is 8.94. The van der Waals surface area contributed by atoms with Gasteiger partial charge in [-0.15, -0.1) is 0 Å². The van der Waals surface area contributed by atoms with E-state index in [0.29, 0.717) is 6.42 Å². The van der Waals surface area contributed by atoms with Gasteiger partial charge in [0.25, 0.3) is 0 Å². The van der Waals surface area contributed by atoms with Crippen molar-refractivity contribution in [2.24, 2.45) is 5.92 Å². The van der Waals surface area contributed by atoms with Crippen molar-refractivity contribution in [2.45, 2.75) is 18.2 Å². The van der Waals surface area contributed by atoms with Crippen molar-refractivity contribution in [2.75, 3.05) is 6.54 Å². The minimum Gasteiger partial charge on any atom is -0.481 e. The molecule has 5 nitrogen and oxygen atoms in total. The lowest BCUT2D eigenvalue weighted by Crippen LogP contribution is -2.32. The van der Waals surface area contributed by atoms with Gasteiger partial charge in [0.15, 0.2) is 0 Å². The molecule has 1 unspecified atom stereocenters. The molecule has 0 saturated carbocycles. The second-order valence-corrected chi connectivity index (χ2v) is 5.87. The van der Waals surface area contributed by atoms with Gasteiger partial charge in [-0.25, -0.2) is 13.1 Å². The van der Waals surface area contributed by atoms with Crippen molar-refractivity contribution in [3.05, 3.63) is 29.3 Å². The van der Waals surface area contributed by atoms with Crippen LogP contribution in [-0.4, -0.2) is 26.0 Å². The maximum absolute atomic E-state index is 11.9. The summed E-state index contributed by atoms with van der Waals surface area (Å²) >= 11 is 5.79. The summed E-state index contributed by atoms with van der Waals surface area (Å²) in [4.78, 5) is 10.7. The van der Waals surface area contributed by atoms with E-state index < -0.39 is 21.9 Å². The van der Waals surface area contributed by atoms with Gasteiger partial charge >= 0.3 is 5.97 Å². The van der Waals surface area contributed by atoms with Gasteiger partial charge in [-0.3, -0.25) is 4.79 Å². The highest BCUT2D eigenvalue weighted by Gasteiger charge is 2.21. The van der Waals surface area contributed by atoms with E-state index in [1.807, 2.05) is 0 Å². The molecule has 0 aromatic heterocycles. The number of hydrogen-bond acceptors (Lipinski definition) is 3. The summed E-state index contributed by atoms with van der Waals surface area (Å²) in [6.45, 7) is 1.53. The molecule has 1 atom stereocenters. The van der Waals surface area contributed by atoms with Gasteiger partial charge in [0.05, 0.1) is 10.9 Å². The van der Waals surface area contributed by atoms with E-state index in [-0.39, 0.29) is 16.5 Å². The number of carboxylic acid groups (broad SMARTS) is 1. The highest BCUT2D eigenvalue weighted by molar-refractivity contribution is 7.89. The molecule has 1 aromatic carbocycles. The molecular weight excluding hydrogens is 278 g/mol. The van der Waals surface area contributed by atoms with Crippen molar-refractivity contribution in [1.82, 2.24) is 4.72 Å². The van der Waals surface area contributed by atoms with Crippen molar-refractivity contribution < 1.29 is 18.3 Å². The molecule has 100 valence electrons. The Hall–Kier alpha value is -1.11. The summed E-state index contributed by atoms with van der Waals surface area (Å²) in [7, 11) is -3.77. The molecule has 0 bridgehead atoms. The number of aliphatic carboxylic acids is 1. The molecule has 1 aromatic rings. The zero-order chi connectivity index (χ0) is 13.8. The SMILES string of the molecule is CCC(CNS(=O)(=O)c1ccccc1Cl)C(=O)O. The Morgan fingerprint density at radius 2 is 2.06 bits per heavy atom. The summed E-state index contributed by atoms with van der Waals surface area (Å²) in [6.07, 6.45) is 0.348. The van der Waals surface area contributed by atoms with Gasteiger partial charge in [0.2, 0.25) is 10.0 Å². The minimum absolute atomic E-state index is 0.0492. The minimum atomic E-state index is -3.77. The molecule has 0 aliphatic heterocycles. The van der Waals surface area contributed by atoms with Gasteiger partial charge in [-0.2, -0.15) is 0 Å². The quantitative estimate of drug-likeness (QED) is 0.836. The van der Waals surface area contributed by atoms with Gasteiger partial charge in [-0.05, 0) is 18.6 Å². The van der Waals surface area contributed by atoms with E-state index in [0.717, 1.165) is 0 Å². The number of sulfonamides is 1. The molecule has 0 aliphatic carbocycles. The molecule has 0 saturated heterocycles. The third-order valence-corrected chi connectivity index (χ3v) is 4.41. The van der Waals surface area contributed by atoms with E-state index in [4.69, 9.17) is 16.7 Å². The van der Waals surface area contributed by atoms with Crippen LogP contribution in [-0.2, 0) is 14.8 Å². The molecule has 0 heterocycles. The number of rotatable bonds is 6. The van der Waals surface area contributed by atoms with E-state index in [1.54, 1.807) is 19.1 Å². The average molecular weight is 292 g/mol. The van der Waals surface area contributed by atoms with E-state index >= 15 is 0 Å². The van der Waals surface area contributed by atoms with Gasteiger partial charge in [0, 0.05) is 6.54 Å². The van der Waals surface area contributed by atoms with E-state index in [1.165, 1.54) is 12.1 Å². The number of carbonyl (C=O) groups is 1. The summed E-state index contributed by atoms with van der Waals surface area (Å²) < 4.78 is 26.1. The van der Waals surface area contributed by atoms with Crippen LogP contribution in [0.4, 0.5) is 0 Å². The largest absolute Gasteiger partial charge is 0.481 e. The zero-order valence-corrected chi connectivity index (χ0v) is 11.3. The molecule has 0 aliphatic rings. The average Bonchev–Trinajstić information content (AvgIpc) is 2.29. The predicted molar refractivity (Wildman–Crippen MR) is 68.1 cm³/mol. The third kappa shape index (κ3) is 3.69. The van der Waals surface area contributed by atoms with Gasteiger partial charge in [-0.1, -0.05) is 30.7 Å². The Morgan fingerprint density at radius 3 is 2.56 bits per heavy atom. The van der Waals surface area contributed by atoms with Crippen LogP contribution in [0, 0.1) is 5.92 Å². The molecule has 18 heavy (non-hydrogen) atoms. The van der Waals surface area contributed by atoms with Crippen LogP contribution in [0.1, 0.15) is 13.3 Å². The second kappa shape index (κ2) is 6.17. The van der Waals surface area contributed by atoms with Crippen LogP contribution in [0.25, 0.3) is 0 Å². The molecule has 2 N–H and O–H groups in total. The molecule has 0 spiro atoms. The molecule has 0 radical (unpaired) electrons. The Balaban J connectivity index is 2.84. The van der Waals surface area contributed by atoms with Crippen molar-refractivity contribution >= 4 is 27.6 Å². The molecular formula is C11H14ClNO4S. The fourth-order valence-electron chi connectivity index (χ4n) is 1.36. The maximum atomic E-state index is 11.9. The number of carboxylic acids is 1. The maximum Gasteiger partial charge on any atom is 0.307 e. The number of benzene rings is 1. The number of nitrogens with one attached hydrogen (secondary N) is 1. The van der Waals surface area contributed by atoms with Crippen molar-refractivity contribution in [1.29, 1.82) is 0 Å². The first-order valence-electron chi connectivity index (χ1n) is 5.35. The Morgan fingerprint density at radius 1 is 1.44 bits per heavy atom. The van der Waals surface area contributed by atoms with Crippen molar-refractivity contribution in [3.63, 3.8) is 0 Å². The van der Waals surface area contributed by atoms with Crippen LogP contribution in [0.3, 0.4) is 0 Å². The highest BCUT2D eigenvalue weighted by atomic mass is 35.5. The zero-order valence-electron chi connectivity index (χ0n) is 9.76. The van der Waals surface area contributed by atoms with Crippen LogP contribution in [0.15, 0.2) is 29.2 Å². The Bertz CT molecular complexity index is 530. The Kier molecular flexibility index (Phi) is 5.13. The van der Waals surface area contributed by atoms with Crippen LogP contribution < -0.4 is 4.72 Å². The third-order valence-electron chi connectivity index (χ3n) is 2.49. The van der Waals surface area contributed by atoms with Crippen LogP contribution >= 0.6 is 11.6 Å². The van der Waals surface area contributed by atoms with E-state index in [9.17, 15) is 13.2 Å². The fourth-order valence-corrected chi connectivity index (χ4v) is 2.96. The van der Waals surface area contributed by atoms with Gasteiger partial charge in [0.1, 0.15) is 4.90 Å². The monoisotopic (exact) mass is 291 g/mol. The second-order valence-electron chi connectivity index (χ2n) is 3.73. The first kappa shape index (κ1) is 14.9. The normalized spacial score (nSPS) is 13.2. The van der Waals surface area contributed by atoms with Crippen molar-refractivity contribution in [3.8, 4) is 0 Å². The lowest BCUT2D eigenvalue weighted by Gasteiger charge is -2.12. The topological polar surface area (TPSA) is 83.5 Å². The first-order valence-corrected chi connectivity index (χ1v) is 7.21. The number of halogens is 1. The standard InChI is InChI=1S/C11H14ClNO4S/c1-2-8(11(14)15)7-13-18(16,17)10-6-4-3-5-9(10)12/h3-6,8,13H,2,7H2,1H3,(H,14,15). The summed E-state index contributed by atoms with van der Waals surface area (Å²) in [5.74, 6) is -1.78. The summed E-state index contributed by atoms with van der Waals surface area (Å²) in [6, 6.07) is 6.00. The Labute approximate surface area is 111 Å². The lowest BCUT2D eigenvalue weighted by atomic mass is 10.1. The first-order chi connectivity index (χ1) is 8.38. The molecule has 0 fully saturated rings.